The Morgan fingerprint density at radius 1 is 0.969 bits per heavy atom. The molecule has 1 aliphatic rings. The van der Waals surface area contributed by atoms with Crippen molar-refractivity contribution in [1.82, 2.24) is 14.8 Å². The molecule has 0 N–H and O–H groups in total. The Morgan fingerprint density at radius 3 is 2.50 bits per heavy atom. The molecule has 2 aromatic carbocycles. The first-order chi connectivity index (χ1) is 15.7. The number of rotatable bonds is 9. The van der Waals surface area contributed by atoms with Crippen LogP contribution in [-0.2, 0) is 6.54 Å². The van der Waals surface area contributed by atoms with E-state index in [2.05, 4.69) is 15.2 Å². The summed E-state index contributed by atoms with van der Waals surface area (Å²) in [4.78, 5) is 9.75. The molecule has 0 aliphatic carbocycles. The van der Waals surface area contributed by atoms with Crippen LogP contribution in [0.4, 0.5) is 0 Å². The molecule has 8 heteroatoms. The summed E-state index contributed by atoms with van der Waals surface area (Å²) in [5, 5.41) is 3.77. The first kappa shape index (κ1) is 22.9. The molecular formula is C24H28ClN3O3S. The number of halogens is 1. The van der Waals surface area contributed by atoms with E-state index in [0.717, 1.165) is 72.8 Å². The van der Waals surface area contributed by atoms with Crippen LogP contribution in [0.3, 0.4) is 0 Å². The number of thiazole rings is 1. The monoisotopic (exact) mass is 473 g/mol. The first-order valence-corrected chi connectivity index (χ1v) is 11.9. The summed E-state index contributed by atoms with van der Waals surface area (Å²) in [5.41, 5.74) is 2.09. The average Bonchev–Trinajstić information content (AvgIpc) is 3.29. The van der Waals surface area contributed by atoms with E-state index < -0.39 is 0 Å². The van der Waals surface area contributed by atoms with Gasteiger partial charge in [-0.25, -0.2) is 4.98 Å². The van der Waals surface area contributed by atoms with Crippen LogP contribution in [-0.4, -0.2) is 68.3 Å². The lowest BCUT2D eigenvalue weighted by Crippen LogP contribution is -2.47. The maximum absolute atomic E-state index is 6.15. The number of ether oxygens (including phenoxy) is 3. The Bertz CT molecular complexity index is 1020. The van der Waals surface area contributed by atoms with Gasteiger partial charge in [0.05, 0.1) is 30.5 Å². The van der Waals surface area contributed by atoms with E-state index in [1.54, 1.807) is 25.6 Å². The molecule has 32 heavy (non-hydrogen) atoms. The molecule has 0 saturated carbocycles. The van der Waals surface area contributed by atoms with E-state index in [1.165, 1.54) is 0 Å². The highest BCUT2D eigenvalue weighted by molar-refractivity contribution is 7.13. The Labute approximate surface area is 198 Å². The standard InChI is InChI=1S/C24H28ClN3O3S/c1-29-19-7-8-20(23(15-19)30-2)24-26-18(17-32-24)16-28-11-9-27(10-12-28)13-14-31-22-6-4-3-5-21(22)25/h3-8,15,17H,9-14,16H2,1-2H3. The SMILES string of the molecule is COc1ccc(-c2nc(CN3CCN(CCOc4ccccc4Cl)CC3)cs2)c(OC)c1. The van der Waals surface area contributed by atoms with Crippen molar-refractivity contribution < 1.29 is 14.2 Å². The number of piperazine rings is 1. The van der Waals surface area contributed by atoms with E-state index >= 15 is 0 Å². The maximum Gasteiger partial charge on any atom is 0.137 e. The summed E-state index contributed by atoms with van der Waals surface area (Å²) in [6.45, 7) is 6.49. The molecule has 1 aromatic heterocycles. The number of methoxy groups -OCH3 is 2. The van der Waals surface area contributed by atoms with Crippen LogP contribution < -0.4 is 14.2 Å². The zero-order valence-corrected chi connectivity index (χ0v) is 20.0. The largest absolute Gasteiger partial charge is 0.497 e. The van der Waals surface area contributed by atoms with Crippen molar-refractivity contribution in [2.75, 3.05) is 53.6 Å². The van der Waals surface area contributed by atoms with Crippen molar-refractivity contribution in [2.24, 2.45) is 0 Å². The molecule has 3 aromatic rings. The lowest BCUT2D eigenvalue weighted by Gasteiger charge is -2.34. The molecule has 0 atom stereocenters. The minimum absolute atomic E-state index is 0.642. The number of hydrogen-bond donors (Lipinski definition) is 0. The van der Waals surface area contributed by atoms with Crippen molar-refractivity contribution in [3.05, 3.63) is 58.6 Å². The Balaban J connectivity index is 1.25. The predicted molar refractivity (Wildman–Crippen MR) is 129 cm³/mol. The average molecular weight is 474 g/mol. The highest BCUT2D eigenvalue weighted by atomic mass is 35.5. The van der Waals surface area contributed by atoms with Gasteiger partial charge in [-0.1, -0.05) is 23.7 Å². The van der Waals surface area contributed by atoms with Crippen molar-refractivity contribution in [3.63, 3.8) is 0 Å². The highest BCUT2D eigenvalue weighted by Crippen LogP contribution is 2.35. The van der Waals surface area contributed by atoms with Crippen LogP contribution in [0, 0.1) is 0 Å². The Kier molecular flexibility index (Phi) is 7.86. The van der Waals surface area contributed by atoms with Gasteiger partial charge in [0, 0.05) is 50.7 Å². The van der Waals surface area contributed by atoms with E-state index in [0.29, 0.717) is 11.6 Å². The first-order valence-electron chi connectivity index (χ1n) is 10.6. The molecule has 0 spiro atoms. The van der Waals surface area contributed by atoms with E-state index in [4.69, 9.17) is 30.8 Å². The molecule has 0 radical (unpaired) electrons. The van der Waals surface area contributed by atoms with E-state index in [1.807, 2.05) is 42.5 Å². The van der Waals surface area contributed by atoms with Crippen LogP contribution in [0.1, 0.15) is 5.69 Å². The molecule has 1 saturated heterocycles. The topological polar surface area (TPSA) is 47.1 Å². The zero-order valence-electron chi connectivity index (χ0n) is 18.4. The lowest BCUT2D eigenvalue weighted by molar-refractivity contribution is 0.112. The number of hydrogen-bond acceptors (Lipinski definition) is 7. The van der Waals surface area contributed by atoms with Crippen LogP contribution >= 0.6 is 22.9 Å². The molecule has 170 valence electrons. The summed E-state index contributed by atoms with van der Waals surface area (Å²) >= 11 is 7.80. The fourth-order valence-electron chi connectivity index (χ4n) is 3.73. The molecular weight excluding hydrogens is 446 g/mol. The molecule has 1 fully saturated rings. The van der Waals surface area contributed by atoms with Crippen LogP contribution in [0.2, 0.25) is 5.02 Å². The smallest absolute Gasteiger partial charge is 0.137 e. The van der Waals surface area contributed by atoms with Gasteiger partial charge in [0.15, 0.2) is 0 Å². The molecule has 4 rings (SSSR count). The predicted octanol–water partition coefficient (Wildman–Crippen LogP) is 4.68. The quantitative estimate of drug-likeness (QED) is 0.450. The van der Waals surface area contributed by atoms with Crippen LogP contribution in [0.5, 0.6) is 17.2 Å². The highest BCUT2D eigenvalue weighted by Gasteiger charge is 2.19. The fraction of sp³-hybridized carbons (Fsp3) is 0.375. The van der Waals surface area contributed by atoms with Crippen LogP contribution in [0.15, 0.2) is 47.8 Å². The summed E-state index contributed by atoms with van der Waals surface area (Å²) in [6, 6.07) is 13.4. The van der Waals surface area contributed by atoms with Gasteiger partial charge in [-0.3, -0.25) is 9.80 Å². The maximum atomic E-state index is 6.15. The van der Waals surface area contributed by atoms with Gasteiger partial charge in [0.25, 0.3) is 0 Å². The van der Waals surface area contributed by atoms with Gasteiger partial charge in [0.2, 0.25) is 0 Å². The molecule has 6 nitrogen and oxygen atoms in total. The van der Waals surface area contributed by atoms with Gasteiger partial charge >= 0.3 is 0 Å². The molecule has 0 amide bonds. The fourth-order valence-corrected chi connectivity index (χ4v) is 4.76. The number of nitrogens with zero attached hydrogens (tertiary/aromatic N) is 3. The third-order valence-corrected chi connectivity index (χ3v) is 6.78. The van der Waals surface area contributed by atoms with Crippen molar-refractivity contribution in [2.45, 2.75) is 6.54 Å². The normalized spacial score (nSPS) is 15.0. The zero-order chi connectivity index (χ0) is 22.3. The van der Waals surface area contributed by atoms with E-state index in [-0.39, 0.29) is 0 Å². The van der Waals surface area contributed by atoms with Gasteiger partial charge in [-0.05, 0) is 24.3 Å². The lowest BCUT2D eigenvalue weighted by atomic mass is 10.2. The van der Waals surface area contributed by atoms with Gasteiger partial charge < -0.3 is 14.2 Å². The van der Waals surface area contributed by atoms with Crippen molar-refractivity contribution in [3.8, 4) is 27.8 Å². The van der Waals surface area contributed by atoms with Gasteiger partial charge in [-0.15, -0.1) is 11.3 Å². The van der Waals surface area contributed by atoms with Crippen molar-refractivity contribution in [1.29, 1.82) is 0 Å². The van der Waals surface area contributed by atoms with Gasteiger partial charge in [0.1, 0.15) is 28.9 Å². The summed E-state index contributed by atoms with van der Waals surface area (Å²) in [6.07, 6.45) is 0. The third-order valence-electron chi connectivity index (χ3n) is 5.54. The molecule has 0 unspecified atom stereocenters. The summed E-state index contributed by atoms with van der Waals surface area (Å²) in [7, 11) is 3.33. The number of aromatic nitrogens is 1. The molecule has 2 heterocycles. The second-order valence-corrected chi connectivity index (χ2v) is 8.87. The molecule has 0 bridgehead atoms. The minimum Gasteiger partial charge on any atom is -0.497 e. The Hall–Kier alpha value is -2.32. The Morgan fingerprint density at radius 2 is 1.75 bits per heavy atom. The third kappa shape index (κ3) is 5.72. The summed E-state index contributed by atoms with van der Waals surface area (Å²) < 4.78 is 16.7. The van der Waals surface area contributed by atoms with E-state index in [9.17, 15) is 0 Å². The van der Waals surface area contributed by atoms with Crippen molar-refractivity contribution >= 4 is 22.9 Å². The summed E-state index contributed by atoms with van der Waals surface area (Å²) in [5.74, 6) is 2.30. The molecule has 1 aliphatic heterocycles. The van der Waals surface area contributed by atoms with Crippen LogP contribution in [0.25, 0.3) is 10.6 Å². The van der Waals surface area contributed by atoms with Gasteiger partial charge in [-0.2, -0.15) is 0 Å². The minimum atomic E-state index is 0.642. The number of benzene rings is 2. The second kappa shape index (κ2) is 11.0. The number of para-hydroxylation sites is 1. The second-order valence-electron chi connectivity index (χ2n) is 7.61.